The van der Waals surface area contributed by atoms with Gasteiger partial charge in [-0.1, -0.05) is 29.5 Å². The number of aryl methyl sites for hydroxylation is 1. The number of aromatic hydroxyl groups is 1. The Bertz CT molecular complexity index is 1140. The minimum Gasteiger partial charge on any atom is -0.508 e. The topological polar surface area (TPSA) is 94.0 Å². The van der Waals surface area contributed by atoms with Gasteiger partial charge in [0.15, 0.2) is 0 Å². The summed E-state index contributed by atoms with van der Waals surface area (Å²) in [6.45, 7) is 2.02. The van der Waals surface area contributed by atoms with Gasteiger partial charge in [-0.25, -0.2) is 4.79 Å². The molecule has 0 bridgehead atoms. The number of phenols is 1. The number of benzene rings is 2. The number of nitrogens with zero attached hydrogens (tertiary/aromatic N) is 4. The van der Waals surface area contributed by atoms with E-state index in [1.54, 1.807) is 16.8 Å². The van der Waals surface area contributed by atoms with Crippen LogP contribution >= 0.6 is 11.8 Å². The molecular weight excluding hydrogens is 352 g/mol. The second-order valence-electron chi connectivity index (χ2n) is 5.77. The molecule has 0 radical (unpaired) electrons. The summed E-state index contributed by atoms with van der Waals surface area (Å²) in [4.78, 5) is 11.8. The van der Waals surface area contributed by atoms with Crippen molar-refractivity contribution in [2.75, 3.05) is 0 Å². The number of phenolic OH excluding ortho intramolecular Hbond substituents is 1. The van der Waals surface area contributed by atoms with Gasteiger partial charge < -0.3 is 9.52 Å². The van der Waals surface area contributed by atoms with Gasteiger partial charge in [-0.05, 0) is 47.2 Å². The van der Waals surface area contributed by atoms with Crippen LogP contribution in [0.25, 0.3) is 16.7 Å². The third-order valence-electron chi connectivity index (χ3n) is 3.89. The van der Waals surface area contributed by atoms with Gasteiger partial charge in [0, 0.05) is 23.3 Å². The lowest BCUT2D eigenvalue weighted by molar-refractivity contribution is 0.473. The highest BCUT2D eigenvalue weighted by Crippen LogP contribution is 2.27. The van der Waals surface area contributed by atoms with Crippen molar-refractivity contribution in [3.63, 3.8) is 0 Å². The molecule has 2 heterocycles. The summed E-state index contributed by atoms with van der Waals surface area (Å²) in [5.74, 6) is 0.535. The standard InChI is InChI=1S/C18H14N4O3S/c1-11-2-4-13(5-3-11)22-18(19-20-21-22)26-10-12-8-17(24)25-16-9-14(23)6-7-15(12)16/h2-9,23H,10H2,1H3. The van der Waals surface area contributed by atoms with E-state index in [2.05, 4.69) is 15.5 Å². The molecule has 0 fully saturated rings. The Morgan fingerprint density at radius 2 is 1.96 bits per heavy atom. The van der Waals surface area contributed by atoms with Crippen LogP contribution < -0.4 is 5.63 Å². The molecule has 4 rings (SSSR count). The van der Waals surface area contributed by atoms with Crippen molar-refractivity contribution >= 4 is 22.7 Å². The second-order valence-corrected chi connectivity index (χ2v) is 6.71. The Morgan fingerprint density at radius 1 is 1.15 bits per heavy atom. The van der Waals surface area contributed by atoms with Crippen LogP contribution in [0.4, 0.5) is 0 Å². The van der Waals surface area contributed by atoms with Crippen molar-refractivity contribution in [3.8, 4) is 11.4 Å². The fourth-order valence-corrected chi connectivity index (χ4v) is 3.48. The van der Waals surface area contributed by atoms with Crippen molar-refractivity contribution < 1.29 is 9.52 Å². The zero-order valence-electron chi connectivity index (χ0n) is 13.8. The molecule has 130 valence electrons. The lowest BCUT2D eigenvalue weighted by Crippen LogP contribution is -2.01. The SMILES string of the molecule is Cc1ccc(-n2nnnc2SCc2cc(=O)oc3cc(O)ccc23)cc1. The van der Waals surface area contributed by atoms with E-state index in [9.17, 15) is 9.90 Å². The highest BCUT2D eigenvalue weighted by Gasteiger charge is 2.12. The molecule has 0 aliphatic carbocycles. The van der Waals surface area contributed by atoms with Gasteiger partial charge >= 0.3 is 5.63 Å². The summed E-state index contributed by atoms with van der Waals surface area (Å²) in [5, 5.41) is 22.8. The first-order chi connectivity index (χ1) is 12.6. The van der Waals surface area contributed by atoms with Crippen LogP contribution in [0.2, 0.25) is 0 Å². The van der Waals surface area contributed by atoms with Gasteiger partial charge in [-0.3, -0.25) is 0 Å². The molecule has 0 amide bonds. The average Bonchev–Trinajstić information content (AvgIpc) is 3.08. The van der Waals surface area contributed by atoms with Crippen LogP contribution in [0.3, 0.4) is 0 Å². The van der Waals surface area contributed by atoms with E-state index >= 15 is 0 Å². The van der Waals surface area contributed by atoms with E-state index in [1.807, 2.05) is 31.2 Å². The normalized spacial score (nSPS) is 11.1. The van der Waals surface area contributed by atoms with Crippen molar-refractivity contribution in [2.24, 2.45) is 0 Å². The van der Waals surface area contributed by atoms with Gasteiger partial charge in [0.1, 0.15) is 11.3 Å². The van der Waals surface area contributed by atoms with Crippen LogP contribution in [0.15, 0.2) is 62.9 Å². The molecule has 2 aromatic carbocycles. The summed E-state index contributed by atoms with van der Waals surface area (Å²) < 4.78 is 6.81. The van der Waals surface area contributed by atoms with Gasteiger partial charge in [0.2, 0.25) is 5.16 Å². The van der Waals surface area contributed by atoms with E-state index in [1.165, 1.54) is 23.9 Å². The predicted molar refractivity (Wildman–Crippen MR) is 97.6 cm³/mol. The average molecular weight is 366 g/mol. The Kier molecular flexibility index (Phi) is 4.18. The fraction of sp³-hybridized carbons (Fsp3) is 0.111. The second kappa shape index (κ2) is 6.64. The van der Waals surface area contributed by atoms with E-state index in [-0.39, 0.29) is 5.75 Å². The molecule has 0 aliphatic heterocycles. The van der Waals surface area contributed by atoms with Crippen molar-refractivity contribution in [2.45, 2.75) is 17.8 Å². The molecule has 0 unspecified atom stereocenters. The van der Waals surface area contributed by atoms with Gasteiger partial charge in [-0.15, -0.1) is 5.10 Å². The fourth-order valence-electron chi connectivity index (χ4n) is 2.60. The molecule has 7 nitrogen and oxygen atoms in total. The van der Waals surface area contributed by atoms with Gasteiger partial charge in [0.05, 0.1) is 5.69 Å². The minimum absolute atomic E-state index is 0.0498. The molecule has 8 heteroatoms. The summed E-state index contributed by atoms with van der Waals surface area (Å²) in [6, 6.07) is 14.1. The molecule has 2 aromatic heterocycles. The van der Waals surface area contributed by atoms with Crippen molar-refractivity contribution in [1.29, 1.82) is 0 Å². The lowest BCUT2D eigenvalue weighted by atomic mass is 10.1. The Hall–Kier alpha value is -3.13. The third kappa shape index (κ3) is 3.18. The van der Waals surface area contributed by atoms with Crippen LogP contribution in [0.5, 0.6) is 5.75 Å². The molecule has 1 N–H and O–H groups in total. The monoisotopic (exact) mass is 366 g/mol. The number of fused-ring (bicyclic) bond motifs is 1. The number of aromatic nitrogens is 4. The molecule has 0 aliphatic rings. The predicted octanol–water partition coefficient (Wildman–Crippen LogP) is 3.08. The summed E-state index contributed by atoms with van der Waals surface area (Å²) >= 11 is 1.42. The number of rotatable bonds is 4. The van der Waals surface area contributed by atoms with Crippen LogP contribution in [-0.4, -0.2) is 25.3 Å². The van der Waals surface area contributed by atoms with Gasteiger partial charge in [-0.2, -0.15) is 4.68 Å². The molecule has 0 atom stereocenters. The van der Waals surface area contributed by atoms with E-state index in [0.717, 1.165) is 22.2 Å². The molecule has 26 heavy (non-hydrogen) atoms. The Labute approximate surface area is 152 Å². The van der Waals surface area contributed by atoms with E-state index < -0.39 is 5.63 Å². The smallest absolute Gasteiger partial charge is 0.336 e. The number of hydrogen-bond acceptors (Lipinski definition) is 7. The molecule has 0 saturated carbocycles. The maximum absolute atomic E-state index is 11.8. The van der Waals surface area contributed by atoms with Crippen molar-refractivity contribution in [3.05, 3.63) is 70.1 Å². The zero-order chi connectivity index (χ0) is 18.1. The quantitative estimate of drug-likeness (QED) is 0.438. The Morgan fingerprint density at radius 3 is 2.77 bits per heavy atom. The molecular formula is C18H14N4O3S. The highest BCUT2D eigenvalue weighted by molar-refractivity contribution is 7.98. The van der Waals surface area contributed by atoms with E-state index in [4.69, 9.17) is 4.42 Å². The van der Waals surface area contributed by atoms with Gasteiger partial charge in [0.25, 0.3) is 0 Å². The first kappa shape index (κ1) is 16.3. The van der Waals surface area contributed by atoms with E-state index in [0.29, 0.717) is 16.5 Å². The first-order valence-corrected chi connectivity index (χ1v) is 8.83. The van der Waals surface area contributed by atoms with Crippen LogP contribution in [-0.2, 0) is 5.75 Å². The molecule has 0 spiro atoms. The summed E-state index contributed by atoms with van der Waals surface area (Å²) in [5.41, 5.74) is 2.70. The Balaban J connectivity index is 1.65. The lowest BCUT2D eigenvalue weighted by Gasteiger charge is -2.07. The number of tetrazole rings is 1. The molecule has 4 aromatic rings. The summed E-state index contributed by atoms with van der Waals surface area (Å²) in [6.07, 6.45) is 0. The minimum atomic E-state index is -0.461. The number of hydrogen-bond donors (Lipinski definition) is 1. The largest absolute Gasteiger partial charge is 0.508 e. The van der Waals surface area contributed by atoms with Crippen LogP contribution in [0.1, 0.15) is 11.1 Å². The maximum Gasteiger partial charge on any atom is 0.336 e. The highest BCUT2D eigenvalue weighted by atomic mass is 32.2. The first-order valence-electron chi connectivity index (χ1n) is 7.84. The van der Waals surface area contributed by atoms with Crippen molar-refractivity contribution in [1.82, 2.24) is 20.2 Å². The summed E-state index contributed by atoms with van der Waals surface area (Å²) in [7, 11) is 0. The van der Waals surface area contributed by atoms with Crippen LogP contribution in [0, 0.1) is 6.92 Å². The zero-order valence-corrected chi connectivity index (χ0v) is 14.6. The maximum atomic E-state index is 11.8. The third-order valence-corrected chi connectivity index (χ3v) is 4.86. The number of thioether (sulfide) groups is 1. The molecule has 0 saturated heterocycles.